The maximum Gasteiger partial charge on any atom is 0.253 e. The van der Waals surface area contributed by atoms with E-state index in [0.717, 1.165) is 19.5 Å². The Morgan fingerprint density at radius 3 is 2.82 bits per heavy atom. The minimum Gasteiger partial charge on any atom is -0.340 e. The van der Waals surface area contributed by atoms with Crippen LogP contribution in [0.1, 0.15) is 27.2 Å². The van der Waals surface area contributed by atoms with Gasteiger partial charge in [0.2, 0.25) is 0 Å². The van der Waals surface area contributed by atoms with Crippen LogP contribution >= 0.6 is 0 Å². The Balaban J connectivity index is 2.08. The summed E-state index contributed by atoms with van der Waals surface area (Å²) < 4.78 is 0. The molecule has 2 atom stereocenters. The molecular formula is C12H22N4O. The van der Waals surface area contributed by atoms with Gasteiger partial charge in [-0.1, -0.05) is 13.8 Å². The van der Waals surface area contributed by atoms with Crippen LogP contribution in [0.5, 0.6) is 0 Å². The van der Waals surface area contributed by atoms with Gasteiger partial charge in [-0.2, -0.15) is 0 Å². The van der Waals surface area contributed by atoms with Crippen LogP contribution < -0.4 is 10.6 Å². The number of guanidine groups is 1. The van der Waals surface area contributed by atoms with E-state index in [1.54, 1.807) is 0 Å². The summed E-state index contributed by atoms with van der Waals surface area (Å²) in [7, 11) is 2.05. The number of hydrogen-bond donors (Lipinski definition) is 2. The summed E-state index contributed by atoms with van der Waals surface area (Å²) in [5, 5.41) is 6.14. The van der Waals surface area contributed by atoms with Crippen molar-refractivity contribution < 1.29 is 4.79 Å². The second-order valence-corrected chi connectivity index (χ2v) is 5.71. The van der Waals surface area contributed by atoms with Crippen molar-refractivity contribution in [3.05, 3.63) is 0 Å². The summed E-state index contributed by atoms with van der Waals surface area (Å²) in [4.78, 5) is 18.7. The van der Waals surface area contributed by atoms with Gasteiger partial charge in [0.25, 0.3) is 5.91 Å². The van der Waals surface area contributed by atoms with Gasteiger partial charge in [0, 0.05) is 19.1 Å². The molecule has 2 heterocycles. The van der Waals surface area contributed by atoms with Crippen LogP contribution in [0, 0.1) is 5.92 Å². The summed E-state index contributed by atoms with van der Waals surface area (Å²) in [6.07, 6.45) is 0.843. The highest BCUT2D eigenvalue weighted by Gasteiger charge is 2.51. The molecule has 0 aromatic rings. The lowest BCUT2D eigenvalue weighted by molar-refractivity contribution is -0.123. The number of carbonyl (C=O) groups is 1. The molecule has 0 aromatic heterocycles. The quantitative estimate of drug-likeness (QED) is 0.721. The van der Waals surface area contributed by atoms with Crippen molar-refractivity contribution in [1.82, 2.24) is 15.5 Å². The maximum absolute atomic E-state index is 12.1. The van der Waals surface area contributed by atoms with Crippen molar-refractivity contribution in [3.8, 4) is 0 Å². The summed E-state index contributed by atoms with van der Waals surface area (Å²) >= 11 is 0. The van der Waals surface area contributed by atoms with Gasteiger partial charge in [0.1, 0.15) is 5.54 Å². The molecular weight excluding hydrogens is 216 g/mol. The molecule has 1 amide bonds. The third kappa shape index (κ3) is 2.29. The summed E-state index contributed by atoms with van der Waals surface area (Å²) in [6.45, 7) is 7.86. The van der Waals surface area contributed by atoms with Gasteiger partial charge >= 0.3 is 0 Å². The van der Waals surface area contributed by atoms with Crippen LogP contribution in [0.25, 0.3) is 0 Å². The molecule has 0 aromatic carbocycles. The summed E-state index contributed by atoms with van der Waals surface area (Å²) in [6, 6.07) is 0.428. The van der Waals surface area contributed by atoms with Crippen LogP contribution in [0.4, 0.5) is 0 Å². The van der Waals surface area contributed by atoms with E-state index in [1.807, 2.05) is 0 Å². The molecule has 0 bridgehead atoms. The monoisotopic (exact) mass is 238 g/mol. The van der Waals surface area contributed by atoms with E-state index in [0.29, 0.717) is 17.9 Å². The number of likely N-dealkylation sites (N-methyl/N-ethyl adjacent to an activating group) is 1. The first kappa shape index (κ1) is 12.4. The third-order valence-corrected chi connectivity index (χ3v) is 3.55. The van der Waals surface area contributed by atoms with E-state index in [2.05, 4.69) is 48.3 Å². The normalized spacial score (nSPS) is 35.9. The topological polar surface area (TPSA) is 56.7 Å². The third-order valence-electron chi connectivity index (χ3n) is 3.55. The molecule has 0 radical (unpaired) electrons. The molecule has 5 nitrogen and oxygen atoms in total. The Morgan fingerprint density at radius 1 is 1.59 bits per heavy atom. The second-order valence-electron chi connectivity index (χ2n) is 5.71. The molecule has 5 heteroatoms. The molecule has 2 saturated heterocycles. The van der Waals surface area contributed by atoms with Gasteiger partial charge < -0.3 is 10.2 Å². The van der Waals surface area contributed by atoms with E-state index in [4.69, 9.17) is 0 Å². The van der Waals surface area contributed by atoms with Gasteiger partial charge in [-0.3, -0.25) is 15.1 Å². The molecule has 2 unspecified atom stereocenters. The lowest BCUT2D eigenvalue weighted by atomic mass is 9.97. The lowest BCUT2D eigenvalue weighted by Crippen LogP contribution is -2.48. The fourth-order valence-corrected chi connectivity index (χ4v) is 2.46. The first-order valence-electron chi connectivity index (χ1n) is 6.27. The number of rotatable bonds is 2. The lowest BCUT2D eigenvalue weighted by Gasteiger charge is -2.19. The molecule has 17 heavy (non-hydrogen) atoms. The highest BCUT2D eigenvalue weighted by molar-refractivity contribution is 6.09. The van der Waals surface area contributed by atoms with E-state index < -0.39 is 5.54 Å². The van der Waals surface area contributed by atoms with Crippen LogP contribution in [-0.2, 0) is 4.79 Å². The fourth-order valence-electron chi connectivity index (χ4n) is 2.46. The molecule has 0 saturated carbocycles. The first-order valence-corrected chi connectivity index (χ1v) is 6.27. The van der Waals surface area contributed by atoms with Gasteiger partial charge in [-0.05, 0) is 26.3 Å². The van der Waals surface area contributed by atoms with Crippen molar-refractivity contribution in [3.63, 3.8) is 0 Å². The highest BCUT2D eigenvalue weighted by atomic mass is 16.2. The predicted molar refractivity (Wildman–Crippen MR) is 67.9 cm³/mol. The Kier molecular flexibility index (Phi) is 3.12. The molecule has 1 spiro atoms. The number of amides is 1. The van der Waals surface area contributed by atoms with Crippen molar-refractivity contribution >= 4 is 11.9 Å². The molecule has 2 rings (SSSR count). The highest BCUT2D eigenvalue weighted by Crippen LogP contribution is 2.28. The second kappa shape index (κ2) is 4.29. The average Bonchev–Trinajstić information content (AvgIpc) is 2.67. The maximum atomic E-state index is 12.1. The molecule has 96 valence electrons. The van der Waals surface area contributed by atoms with Gasteiger partial charge in [-0.25, -0.2) is 0 Å². The number of carbonyl (C=O) groups excluding carboxylic acids is 1. The molecule has 2 aliphatic rings. The van der Waals surface area contributed by atoms with Crippen molar-refractivity contribution in [2.24, 2.45) is 10.9 Å². The zero-order valence-corrected chi connectivity index (χ0v) is 11.1. The van der Waals surface area contributed by atoms with Crippen molar-refractivity contribution in [1.29, 1.82) is 0 Å². The minimum absolute atomic E-state index is 0.0659. The smallest absolute Gasteiger partial charge is 0.253 e. The van der Waals surface area contributed by atoms with E-state index in [1.165, 1.54) is 0 Å². The zero-order chi connectivity index (χ0) is 12.6. The molecule has 2 N–H and O–H groups in total. The summed E-state index contributed by atoms with van der Waals surface area (Å²) in [5.74, 6) is 1.21. The largest absolute Gasteiger partial charge is 0.340 e. The van der Waals surface area contributed by atoms with Crippen LogP contribution in [0.3, 0.4) is 0 Å². The minimum atomic E-state index is -0.454. The Labute approximate surface area is 103 Å². The predicted octanol–water partition coefficient (Wildman–Crippen LogP) is 0.181. The van der Waals surface area contributed by atoms with Crippen LogP contribution in [-0.4, -0.2) is 48.5 Å². The van der Waals surface area contributed by atoms with Crippen LogP contribution in [0.15, 0.2) is 4.99 Å². The molecule has 0 aliphatic carbocycles. The average molecular weight is 238 g/mol. The van der Waals surface area contributed by atoms with E-state index >= 15 is 0 Å². The molecule has 2 aliphatic heterocycles. The van der Waals surface area contributed by atoms with E-state index in [-0.39, 0.29) is 5.91 Å². The first-order chi connectivity index (χ1) is 7.93. The van der Waals surface area contributed by atoms with Crippen LogP contribution in [0.2, 0.25) is 0 Å². The number of aliphatic imine (C=N–C) groups is 1. The summed E-state index contributed by atoms with van der Waals surface area (Å²) in [5.41, 5.74) is -0.454. The van der Waals surface area contributed by atoms with Gasteiger partial charge in [-0.15, -0.1) is 0 Å². The number of likely N-dealkylation sites (tertiary alicyclic amines) is 1. The SMILES string of the molecule is CC(C)CN=C1NC(=O)C2(CC(C)N(C)C2)N1. The Bertz CT molecular complexity index is 340. The zero-order valence-electron chi connectivity index (χ0n) is 11.1. The Morgan fingerprint density at radius 2 is 2.29 bits per heavy atom. The fraction of sp³-hybridized carbons (Fsp3) is 0.833. The van der Waals surface area contributed by atoms with Gasteiger partial charge in [0.15, 0.2) is 5.96 Å². The Hall–Kier alpha value is -1.10. The number of hydrogen-bond acceptors (Lipinski definition) is 3. The standard InChI is InChI=1S/C12H22N4O/c1-8(2)6-13-11-14-10(17)12(15-11)5-9(3)16(4)7-12/h8-9H,5-7H2,1-4H3,(H2,13,14,15,17). The van der Waals surface area contributed by atoms with Crippen molar-refractivity contribution in [2.75, 3.05) is 20.1 Å². The van der Waals surface area contributed by atoms with Crippen molar-refractivity contribution in [2.45, 2.75) is 38.8 Å². The molecule has 2 fully saturated rings. The number of nitrogens with one attached hydrogen (secondary N) is 2. The van der Waals surface area contributed by atoms with E-state index in [9.17, 15) is 4.79 Å². The van der Waals surface area contributed by atoms with Gasteiger partial charge in [0.05, 0.1) is 0 Å². The number of nitrogens with zero attached hydrogens (tertiary/aromatic N) is 2.